The summed E-state index contributed by atoms with van der Waals surface area (Å²) in [5, 5.41) is 3.35. The van der Waals surface area contributed by atoms with E-state index in [2.05, 4.69) is 19.9 Å². The van der Waals surface area contributed by atoms with Crippen molar-refractivity contribution in [3.63, 3.8) is 0 Å². The molecule has 0 aliphatic carbocycles. The lowest BCUT2D eigenvalue weighted by Crippen LogP contribution is -2.33. The van der Waals surface area contributed by atoms with E-state index in [0.717, 1.165) is 61.4 Å². The Bertz CT molecular complexity index is 1010. The van der Waals surface area contributed by atoms with Gasteiger partial charge in [0.05, 0.1) is 23.4 Å². The second kappa shape index (κ2) is 7.31. The van der Waals surface area contributed by atoms with Crippen LogP contribution in [0.4, 0.5) is 0 Å². The van der Waals surface area contributed by atoms with Crippen molar-refractivity contribution in [3.8, 4) is 0 Å². The van der Waals surface area contributed by atoms with Gasteiger partial charge in [0.15, 0.2) is 5.82 Å². The minimum atomic E-state index is 0.00668. The van der Waals surface area contributed by atoms with Gasteiger partial charge in [-0.3, -0.25) is 4.79 Å². The van der Waals surface area contributed by atoms with Gasteiger partial charge in [0, 0.05) is 56.5 Å². The lowest BCUT2D eigenvalue weighted by atomic mass is 10.1. The molecule has 1 N–H and O–H groups in total. The highest BCUT2D eigenvalue weighted by Crippen LogP contribution is 2.31. The van der Waals surface area contributed by atoms with Gasteiger partial charge in [-0.1, -0.05) is 12.1 Å². The topological polar surface area (TPSA) is 75.9 Å². The quantitative estimate of drug-likeness (QED) is 0.756. The number of hydrogen-bond donors (Lipinski definition) is 1. The molecular formula is C21H24N6O. The number of nitrogens with one attached hydrogen (secondary N) is 1. The summed E-state index contributed by atoms with van der Waals surface area (Å²) in [6.07, 6.45) is 7.09. The van der Waals surface area contributed by atoms with Gasteiger partial charge in [-0.15, -0.1) is 0 Å². The van der Waals surface area contributed by atoms with Gasteiger partial charge in [0.2, 0.25) is 5.91 Å². The number of nitrogens with zero attached hydrogens (tertiary/aromatic N) is 5. The summed E-state index contributed by atoms with van der Waals surface area (Å²) >= 11 is 0. The molecule has 1 aromatic carbocycles. The maximum Gasteiger partial charge on any atom is 0.224 e. The monoisotopic (exact) mass is 376 g/mol. The third-order valence-electron chi connectivity index (χ3n) is 5.79. The number of para-hydroxylation sites is 2. The summed E-state index contributed by atoms with van der Waals surface area (Å²) < 4.78 is 2.06. The van der Waals surface area contributed by atoms with Crippen molar-refractivity contribution in [1.82, 2.24) is 29.7 Å². The Morgan fingerprint density at radius 1 is 1.25 bits per heavy atom. The second-order valence-corrected chi connectivity index (χ2v) is 7.55. The predicted molar refractivity (Wildman–Crippen MR) is 105 cm³/mol. The molecule has 1 fully saturated rings. The molecule has 2 aromatic heterocycles. The van der Waals surface area contributed by atoms with Crippen LogP contribution in [0, 0.1) is 0 Å². The number of fused-ring (bicyclic) bond motifs is 2. The Morgan fingerprint density at radius 2 is 2.18 bits per heavy atom. The third kappa shape index (κ3) is 3.16. The largest absolute Gasteiger partial charge is 0.332 e. The molecule has 4 heterocycles. The van der Waals surface area contributed by atoms with Gasteiger partial charge in [0.25, 0.3) is 0 Å². The van der Waals surface area contributed by atoms with E-state index in [0.29, 0.717) is 13.0 Å². The van der Waals surface area contributed by atoms with Crippen LogP contribution in [0.3, 0.4) is 0 Å². The Labute approximate surface area is 163 Å². The lowest BCUT2D eigenvalue weighted by molar-refractivity contribution is -0.132. The van der Waals surface area contributed by atoms with Gasteiger partial charge < -0.3 is 14.8 Å². The molecule has 7 heteroatoms. The molecule has 0 spiro atoms. The number of carbonyl (C=O) groups is 1. The van der Waals surface area contributed by atoms with Crippen molar-refractivity contribution < 1.29 is 4.79 Å². The molecule has 3 aromatic rings. The molecule has 1 saturated heterocycles. The summed E-state index contributed by atoms with van der Waals surface area (Å²) in [7, 11) is 0. The molecule has 0 radical (unpaired) electrons. The van der Waals surface area contributed by atoms with Crippen LogP contribution >= 0.6 is 0 Å². The number of aromatic nitrogens is 4. The summed E-state index contributed by atoms with van der Waals surface area (Å²) in [6, 6.07) is 8.03. The number of hydrogen-bond acceptors (Lipinski definition) is 5. The minimum absolute atomic E-state index is 0.00668. The van der Waals surface area contributed by atoms with Crippen LogP contribution in [0.5, 0.6) is 0 Å². The first-order chi connectivity index (χ1) is 13.8. The average molecular weight is 376 g/mol. The normalized spacial score (nSPS) is 19.1. The SMILES string of the molecule is O=C(CCn1cnc2ccccc21)N1CCCC1c1ncc2c(n1)CCNC2. The fourth-order valence-corrected chi connectivity index (χ4v) is 4.29. The van der Waals surface area contributed by atoms with Gasteiger partial charge in [-0.05, 0) is 25.0 Å². The van der Waals surface area contributed by atoms with Crippen LogP contribution in [0.1, 0.15) is 42.4 Å². The van der Waals surface area contributed by atoms with Crippen molar-refractivity contribution in [1.29, 1.82) is 0 Å². The molecule has 0 saturated carbocycles. The zero-order valence-corrected chi connectivity index (χ0v) is 15.8. The van der Waals surface area contributed by atoms with Crippen molar-refractivity contribution in [2.75, 3.05) is 13.1 Å². The van der Waals surface area contributed by atoms with Crippen LogP contribution in [-0.2, 0) is 24.3 Å². The van der Waals surface area contributed by atoms with E-state index in [1.54, 1.807) is 0 Å². The van der Waals surface area contributed by atoms with E-state index >= 15 is 0 Å². The van der Waals surface area contributed by atoms with E-state index in [1.165, 1.54) is 5.56 Å². The molecule has 28 heavy (non-hydrogen) atoms. The number of imidazole rings is 1. The zero-order valence-electron chi connectivity index (χ0n) is 15.8. The number of aryl methyl sites for hydroxylation is 1. The Kier molecular flexibility index (Phi) is 4.52. The van der Waals surface area contributed by atoms with Crippen molar-refractivity contribution in [3.05, 3.63) is 53.9 Å². The van der Waals surface area contributed by atoms with Crippen LogP contribution in [0.2, 0.25) is 0 Å². The summed E-state index contributed by atoms with van der Waals surface area (Å²) in [5.41, 5.74) is 4.34. The molecule has 2 aliphatic heterocycles. The van der Waals surface area contributed by atoms with Crippen LogP contribution in [-0.4, -0.2) is 43.4 Å². The fraction of sp³-hybridized carbons (Fsp3) is 0.429. The number of benzene rings is 1. The lowest BCUT2D eigenvalue weighted by Gasteiger charge is -2.25. The number of amides is 1. The minimum Gasteiger partial charge on any atom is -0.332 e. The average Bonchev–Trinajstić information content (AvgIpc) is 3.39. The van der Waals surface area contributed by atoms with E-state index in [4.69, 9.17) is 4.98 Å². The highest BCUT2D eigenvalue weighted by Gasteiger charge is 2.32. The van der Waals surface area contributed by atoms with Crippen LogP contribution in [0.25, 0.3) is 11.0 Å². The summed E-state index contributed by atoms with van der Waals surface area (Å²) in [4.78, 5) is 28.8. The second-order valence-electron chi connectivity index (χ2n) is 7.55. The molecule has 5 rings (SSSR count). The van der Waals surface area contributed by atoms with Gasteiger partial charge in [0.1, 0.15) is 0 Å². The van der Waals surface area contributed by atoms with Crippen molar-refractivity contribution in [2.45, 2.75) is 44.8 Å². The van der Waals surface area contributed by atoms with E-state index in [-0.39, 0.29) is 11.9 Å². The molecule has 1 amide bonds. The van der Waals surface area contributed by atoms with E-state index in [1.807, 2.05) is 41.7 Å². The maximum absolute atomic E-state index is 13.0. The van der Waals surface area contributed by atoms with Gasteiger partial charge in [-0.2, -0.15) is 0 Å². The summed E-state index contributed by atoms with van der Waals surface area (Å²) in [6.45, 7) is 3.22. The highest BCUT2D eigenvalue weighted by atomic mass is 16.2. The first-order valence-corrected chi connectivity index (χ1v) is 10.0. The Balaban J connectivity index is 1.30. The van der Waals surface area contributed by atoms with Crippen molar-refractivity contribution >= 4 is 16.9 Å². The molecular weight excluding hydrogens is 352 g/mol. The molecule has 144 valence electrons. The van der Waals surface area contributed by atoms with E-state index in [9.17, 15) is 4.79 Å². The smallest absolute Gasteiger partial charge is 0.224 e. The summed E-state index contributed by atoms with van der Waals surface area (Å²) in [5.74, 6) is 0.975. The highest BCUT2D eigenvalue weighted by molar-refractivity contribution is 5.78. The third-order valence-corrected chi connectivity index (χ3v) is 5.79. The maximum atomic E-state index is 13.0. The molecule has 1 unspecified atom stereocenters. The fourth-order valence-electron chi connectivity index (χ4n) is 4.29. The zero-order chi connectivity index (χ0) is 18.9. The van der Waals surface area contributed by atoms with Gasteiger partial charge >= 0.3 is 0 Å². The first-order valence-electron chi connectivity index (χ1n) is 10.0. The molecule has 2 aliphatic rings. The van der Waals surface area contributed by atoms with Gasteiger partial charge in [-0.25, -0.2) is 15.0 Å². The molecule has 0 bridgehead atoms. The number of carbonyl (C=O) groups excluding carboxylic acids is 1. The predicted octanol–water partition coefficient (Wildman–Crippen LogP) is 2.23. The first kappa shape index (κ1) is 17.3. The molecule has 7 nitrogen and oxygen atoms in total. The van der Waals surface area contributed by atoms with E-state index < -0.39 is 0 Å². The Morgan fingerprint density at radius 3 is 3.14 bits per heavy atom. The van der Waals surface area contributed by atoms with Crippen LogP contribution < -0.4 is 5.32 Å². The number of likely N-dealkylation sites (tertiary alicyclic amines) is 1. The van der Waals surface area contributed by atoms with Crippen LogP contribution in [0.15, 0.2) is 36.8 Å². The Hall–Kier alpha value is -2.80. The molecule has 1 atom stereocenters. The van der Waals surface area contributed by atoms with Crippen molar-refractivity contribution in [2.24, 2.45) is 0 Å². The number of rotatable bonds is 4. The standard InChI is InChI=1S/C21H24N6O/c28-20(8-11-26-14-24-17-4-1-2-5-18(17)26)27-10-3-6-19(27)21-23-13-15-12-22-9-7-16(15)25-21/h1-2,4-5,13-14,19,22H,3,6-12H2.